The molecule has 0 spiro atoms. The zero-order chi connectivity index (χ0) is 17.3. The van der Waals surface area contributed by atoms with Crippen LogP contribution in [0.15, 0.2) is 60.7 Å². The molecule has 1 N–H and O–H groups in total. The van der Waals surface area contributed by atoms with Gasteiger partial charge >= 0.3 is 0 Å². The number of carbonyl (C=O) groups is 1. The fraction of sp³-hybridized carbons (Fsp3) is 0.409. The van der Waals surface area contributed by atoms with Gasteiger partial charge in [-0.05, 0) is 36.8 Å². The van der Waals surface area contributed by atoms with E-state index in [4.69, 9.17) is 0 Å². The number of carbonyl (C=O) groups excluding carboxylic acids is 1. The van der Waals surface area contributed by atoms with Crippen molar-refractivity contribution < 1.29 is 4.79 Å². The summed E-state index contributed by atoms with van der Waals surface area (Å²) < 4.78 is 0. The Balaban J connectivity index is 1.32. The second-order valence-electron chi connectivity index (χ2n) is 6.94. The average molecular weight is 336 g/mol. The Hall–Kier alpha value is -2.13. The Morgan fingerprint density at radius 3 is 2.16 bits per heavy atom. The van der Waals surface area contributed by atoms with Crippen LogP contribution < -0.4 is 5.32 Å². The van der Waals surface area contributed by atoms with Crippen molar-refractivity contribution in [3.05, 3.63) is 71.8 Å². The Labute approximate surface area is 151 Å². The molecular weight excluding hydrogens is 308 g/mol. The minimum Gasteiger partial charge on any atom is -0.353 e. The van der Waals surface area contributed by atoms with Gasteiger partial charge in [0, 0.05) is 32.1 Å². The first-order chi connectivity index (χ1) is 12.3. The molecule has 1 saturated heterocycles. The first-order valence-electron chi connectivity index (χ1n) is 9.39. The highest BCUT2D eigenvalue weighted by molar-refractivity contribution is 5.76. The minimum atomic E-state index is 0.206. The van der Waals surface area contributed by atoms with Crippen molar-refractivity contribution >= 4 is 5.91 Å². The van der Waals surface area contributed by atoms with Crippen LogP contribution in [-0.2, 0) is 17.8 Å². The number of hydrogen-bond acceptors (Lipinski definition) is 2. The number of hydrogen-bond donors (Lipinski definition) is 1. The van der Waals surface area contributed by atoms with E-state index in [0.717, 1.165) is 45.3 Å². The molecule has 1 aliphatic rings. The zero-order valence-electron chi connectivity index (χ0n) is 14.9. The first-order valence-corrected chi connectivity index (χ1v) is 9.39. The number of benzene rings is 2. The Bertz CT molecular complexity index is 634. The summed E-state index contributed by atoms with van der Waals surface area (Å²) in [6, 6.07) is 21.3. The topological polar surface area (TPSA) is 32.3 Å². The van der Waals surface area contributed by atoms with Gasteiger partial charge in [-0.3, -0.25) is 9.69 Å². The number of nitrogens with zero attached hydrogens (tertiary/aromatic N) is 1. The van der Waals surface area contributed by atoms with Gasteiger partial charge in [-0.25, -0.2) is 0 Å². The van der Waals surface area contributed by atoms with E-state index in [1.54, 1.807) is 0 Å². The van der Waals surface area contributed by atoms with E-state index < -0.39 is 0 Å². The van der Waals surface area contributed by atoms with Crippen LogP contribution in [0.4, 0.5) is 0 Å². The molecule has 0 atom stereocenters. The molecule has 0 saturated carbocycles. The summed E-state index contributed by atoms with van der Waals surface area (Å²) >= 11 is 0. The molecule has 3 nitrogen and oxygen atoms in total. The van der Waals surface area contributed by atoms with E-state index in [0.29, 0.717) is 12.5 Å². The lowest BCUT2D eigenvalue weighted by Gasteiger charge is -2.32. The molecule has 3 rings (SSSR count). The summed E-state index contributed by atoms with van der Waals surface area (Å²) in [6.45, 7) is 3.13. The molecule has 1 aliphatic heterocycles. The normalized spacial score (nSPS) is 15.8. The zero-order valence-corrected chi connectivity index (χ0v) is 14.9. The smallest absolute Gasteiger partial charge is 0.220 e. The van der Waals surface area contributed by atoms with Crippen molar-refractivity contribution in [2.24, 2.45) is 0 Å². The Morgan fingerprint density at radius 1 is 0.920 bits per heavy atom. The lowest BCUT2D eigenvalue weighted by Crippen LogP contribution is -2.44. The van der Waals surface area contributed by atoms with Crippen LogP contribution in [0.5, 0.6) is 0 Å². The number of aryl methyl sites for hydroxylation is 1. The van der Waals surface area contributed by atoms with Gasteiger partial charge in [0.2, 0.25) is 5.91 Å². The average Bonchev–Trinajstić information content (AvgIpc) is 2.65. The number of amides is 1. The van der Waals surface area contributed by atoms with Gasteiger partial charge in [-0.2, -0.15) is 0 Å². The van der Waals surface area contributed by atoms with Crippen molar-refractivity contribution in [1.29, 1.82) is 0 Å². The Kier molecular flexibility index (Phi) is 6.63. The molecule has 1 fully saturated rings. The van der Waals surface area contributed by atoms with Crippen LogP contribution in [-0.4, -0.2) is 29.9 Å². The van der Waals surface area contributed by atoms with Crippen molar-refractivity contribution in [2.45, 2.75) is 44.7 Å². The van der Waals surface area contributed by atoms with E-state index in [9.17, 15) is 4.79 Å². The lowest BCUT2D eigenvalue weighted by molar-refractivity contribution is -0.122. The molecule has 0 unspecified atom stereocenters. The van der Waals surface area contributed by atoms with Gasteiger partial charge in [0.15, 0.2) is 0 Å². The standard InChI is InChI=1S/C22H28N2O/c25-22(13-7-12-19-8-3-1-4-9-19)23-21-14-16-24(17-15-21)18-20-10-5-2-6-11-20/h1-6,8-11,21H,7,12-18H2,(H,23,25). The van der Waals surface area contributed by atoms with Crippen molar-refractivity contribution in [2.75, 3.05) is 13.1 Å². The molecule has 25 heavy (non-hydrogen) atoms. The predicted octanol–water partition coefficient (Wildman–Crippen LogP) is 3.79. The van der Waals surface area contributed by atoms with E-state index in [1.807, 2.05) is 6.07 Å². The predicted molar refractivity (Wildman–Crippen MR) is 102 cm³/mol. The van der Waals surface area contributed by atoms with Crippen LogP contribution in [0.1, 0.15) is 36.8 Å². The van der Waals surface area contributed by atoms with Crippen LogP contribution in [0.25, 0.3) is 0 Å². The van der Waals surface area contributed by atoms with Gasteiger partial charge in [0.1, 0.15) is 0 Å². The number of nitrogens with one attached hydrogen (secondary N) is 1. The largest absolute Gasteiger partial charge is 0.353 e. The summed E-state index contributed by atoms with van der Waals surface area (Å²) in [5.74, 6) is 0.206. The quantitative estimate of drug-likeness (QED) is 0.834. The molecule has 0 aromatic heterocycles. The molecule has 1 heterocycles. The van der Waals surface area contributed by atoms with Gasteiger partial charge in [0.25, 0.3) is 0 Å². The maximum Gasteiger partial charge on any atom is 0.220 e. The SMILES string of the molecule is O=C(CCCc1ccccc1)NC1CCN(Cc2ccccc2)CC1. The summed E-state index contributed by atoms with van der Waals surface area (Å²) in [6.07, 6.45) is 4.63. The highest BCUT2D eigenvalue weighted by Crippen LogP contribution is 2.14. The van der Waals surface area contributed by atoms with E-state index in [2.05, 4.69) is 64.8 Å². The Morgan fingerprint density at radius 2 is 1.52 bits per heavy atom. The molecule has 1 amide bonds. The molecule has 0 radical (unpaired) electrons. The summed E-state index contributed by atoms with van der Waals surface area (Å²) in [5, 5.41) is 3.22. The molecule has 3 heteroatoms. The number of likely N-dealkylation sites (tertiary alicyclic amines) is 1. The summed E-state index contributed by atoms with van der Waals surface area (Å²) in [7, 11) is 0. The van der Waals surface area contributed by atoms with Crippen molar-refractivity contribution in [3.63, 3.8) is 0 Å². The molecular formula is C22H28N2O. The minimum absolute atomic E-state index is 0.206. The fourth-order valence-corrected chi connectivity index (χ4v) is 3.47. The lowest BCUT2D eigenvalue weighted by atomic mass is 10.0. The molecule has 0 bridgehead atoms. The second kappa shape index (κ2) is 9.38. The highest BCUT2D eigenvalue weighted by Gasteiger charge is 2.20. The van der Waals surface area contributed by atoms with E-state index >= 15 is 0 Å². The fourth-order valence-electron chi connectivity index (χ4n) is 3.47. The monoisotopic (exact) mass is 336 g/mol. The van der Waals surface area contributed by atoms with Gasteiger partial charge in [-0.1, -0.05) is 60.7 Å². The molecule has 2 aromatic carbocycles. The summed E-state index contributed by atoms with van der Waals surface area (Å²) in [4.78, 5) is 14.6. The van der Waals surface area contributed by atoms with Crippen LogP contribution in [0.2, 0.25) is 0 Å². The van der Waals surface area contributed by atoms with Crippen molar-refractivity contribution in [3.8, 4) is 0 Å². The molecule has 2 aromatic rings. The summed E-state index contributed by atoms with van der Waals surface area (Å²) in [5.41, 5.74) is 2.68. The van der Waals surface area contributed by atoms with Crippen LogP contribution in [0, 0.1) is 0 Å². The number of rotatable bonds is 7. The third-order valence-electron chi connectivity index (χ3n) is 4.91. The van der Waals surface area contributed by atoms with Crippen LogP contribution >= 0.6 is 0 Å². The van der Waals surface area contributed by atoms with E-state index in [-0.39, 0.29) is 5.91 Å². The van der Waals surface area contributed by atoms with E-state index in [1.165, 1.54) is 11.1 Å². The maximum atomic E-state index is 12.1. The van der Waals surface area contributed by atoms with Gasteiger partial charge in [0.05, 0.1) is 0 Å². The first kappa shape index (κ1) is 17.7. The van der Waals surface area contributed by atoms with Crippen molar-refractivity contribution in [1.82, 2.24) is 10.2 Å². The van der Waals surface area contributed by atoms with Gasteiger partial charge in [-0.15, -0.1) is 0 Å². The van der Waals surface area contributed by atoms with Crippen LogP contribution in [0.3, 0.4) is 0 Å². The highest BCUT2D eigenvalue weighted by atomic mass is 16.1. The van der Waals surface area contributed by atoms with Gasteiger partial charge < -0.3 is 5.32 Å². The molecule has 0 aliphatic carbocycles. The second-order valence-corrected chi connectivity index (χ2v) is 6.94. The number of piperidine rings is 1. The maximum absolute atomic E-state index is 12.1. The third kappa shape index (κ3) is 6.02. The third-order valence-corrected chi connectivity index (χ3v) is 4.91. The molecule has 132 valence electrons.